The van der Waals surface area contributed by atoms with Gasteiger partial charge in [0, 0.05) is 29.4 Å². The average Bonchev–Trinajstić information content (AvgIpc) is 2.46. The molecule has 0 aliphatic heterocycles. The molecule has 21 heavy (non-hydrogen) atoms. The van der Waals surface area contributed by atoms with Gasteiger partial charge < -0.3 is 10.5 Å². The molecule has 0 aliphatic rings. The molecule has 1 unspecified atom stereocenters. The second-order valence-electron chi connectivity index (χ2n) is 5.13. The molecule has 0 amide bonds. The molecular formula is C17H21ClN2O. The zero-order valence-electron chi connectivity index (χ0n) is 12.4. The highest BCUT2D eigenvalue weighted by Crippen LogP contribution is 2.21. The molecule has 2 aromatic rings. The highest BCUT2D eigenvalue weighted by atomic mass is 35.5. The molecule has 0 bridgehead atoms. The largest absolute Gasteiger partial charge is 0.492 e. The molecule has 0 aromatic heterocycles. The number of nitrogens with zero attached hydrogens (tertiary/aromatic N) is 1. The van der Waals surface area contributed by atoms with Gasteiger partial charge in [0.05, 0.1) is 0 Å². The van der Waals surface area contributed by atoms with Gasteiger partial charge in [0.15, 0.2) is 0 Å². The van der Waals surface area contributed by atoms with E-state index in [2.05, 4.69) is 24.9 Å². The first-order chi connectivity index (χ1) is 10.1. The number of nitrogen functional groups attached to an aromatic ring is 1. The van der Waals surface area contributed by atoms with Crippen LogP contribution < -0.4 is 10.5 Å². The van der Waals surface area contributed by atoms with E-state index >= 15 is 0 Å². The fraction of sp³-hybridized carbons (Fsp3) is 0.294. The van der Waals surface area contributed by atoms with E-state index in [1.807, 2.05) is 42.5 Å². The first kappa shape index (κ1) is 15.7. The molecule has 4 heteroatoms. The van der Waals surface area contributed by atoms with Crippen molar-refractivity contribution in [3.63, 3.8) is 0 Å². The van der Waals surface area contributed by atoms with Gasteiger partial charge in [-0.2, -0.15) is 0 Å². The minimum Gasteiger partial charge on any atom is -0.492 e. The van der Waals surface area contributed by atoms with Crippen molar-refractivity contribution in [3.05, 3.63) is 59.1 Å². The van der Waals surface area contributed by atoms with Gasteiger partial charge in [0.1, 0.15) is 12.4 Å². The van der Waals surface area contributed by atoms with Gasteiger partial charge in [-0.1, -0.05) is 29.8 Å². The van der Waals surface area contributed by atoms with Crippen molar-refractivity contribution in [3.8, 4) is 5.75 Å². The van der Waals surface area contributed by atoms with E-state index < -0.39 is 0 Å². The molecule has 0 fully saturated rings. The van der Waals surface area contributed by atoms with Crippen molar-refractivity contribution in [2.45, 2.75) is 13.0 Å². The summed E-state index contributed by atoms with van der Waals surface area (Å²) in [7, 11) is 2.08. The van der Waals surface area contributed by atoms with Gasteiger partial charge in [0.2, 0.25) is 0 Å². The molecule has 0 aliphatic carbocycles. The standard InChI is InChI=1S/C17H21ClN2O/c1-13(14-5-3-6-15(18)11-14)20(2)9-10-21-17-8-4-7-16(19)12-17/h3-8,11-13H,9-10,19H2,1-2H3. The van der Waals surface area contributed by atoms with E-state index in [4.69, 9.17) is 22.1 Å². The topological polar surface area (TPSA) is 38.5 Å². The first-order valence-electron chi connectivity index (χ1n) is 7.00. The Balaban J connectivity index is 1.85. The maximum atomic E-state index is 6.04. The second-order valence-corrected chi connectivity index (χ2v) is 5.57. The van der Waals surface area contributed by atoms with Crippen molar-refractivity contribution < 1.29 is 4.74 Å². The van der Waals surface area contributed by atoms with Crippen molar-refractivity contribution in [2.24, 2.45) is 0 Å². The summed E-state index contributed by atoms with van der Waals surface area (Å²) in [5.74, 6) is 0.804. The summed E-state index contributed by atoms with van der Waals surface area (Å²) in [6.07, 6.45) is 0. The van der Waals surface area contributed by atoms with Crippen molar-refractivity contribution in [2.75, 3.05) is 25.9 Å². The predicted molar refractivity (Wildman–Crippen MR) is 88.8 cm³/mol. The lowest BCUT2D eigenvalue weighted by atomic mass is 10.1. The van der Waals surface area contributed by atoms with Crippen molar-refractivity contribution in [1.29, 1.82) is 0 Å². The monoisotopic (exact) mass is 304 g/mol. The Morgan fingerprint density at radius 2 is 1.95 bits per heavy atom. The number of hydrogen-bond acceptors (Lipinski definition) is 3. The maximum absolute atomic E-state index is 6.04. The SMILES string of the molecule is CC(c1cccc(Cl)c1)N(C)CCOc1cccc(N)c1. The van der Waals surface area contributed by atoms with E-state index in [0.29, 0.717) is 12.3 Å². The summed E-state index contributed by atoms with van der Waals surface area (Å²) in [6, 6.07) is 15.7. The van der Waals surface area contributed by atoms with Gasteiger partial charge in [-0.05, 0) is 43.8 Å². The predicted octanol–water partition coefficient (Wildman–Crippen LogP) is 3.99. The summed E-state index contributed by atoms with van der Waals surface area (Å²) in [5.41, 5.74) is 7.64. The van der Waals surface area contributed by atoms with Crippen LogP contribution in [0, 0.1) is 0 Å². The lowest BCUT2D eigenvalue weighted by Gasteiger charge is -2.25. The minimum atomic E-state index is 0.285. The van der Waals surface area contributed by atoms with Gasteiger partial charge in [0.25, 0.3) is 0 Å². The third-order valence-corrected chi connectivity index (χ3v) is 3.80. The maximum Gasteiger partial charge on any atom is 0.121 e. The van der Waals surface area contributed by atoms with Gasteiger partial charge >= 0.3 is 0 Å². The van der Waals surface area contributed by atoms with Crippen LogP contribution in [-0.2, 0) is 0 Å². The molecule has 0 saturated carbocycles. The molecular weight excluding hydrogens is 284 g/mol. The molecule has 3 nitrogen and oxygen atoms in total. The van der Waals surface area contributed by atoms with Gasteiger partial charge in [-0.3, -0.25) is 4.90 Å². The van der Waals surface area contributed by atoms with Crippen LogP contribution in [0.3, 0.4) is 0 Å². The van der Waals surface area contributed by atoms with E-state index in [1.165, 1.54) is 5.56 Å². The van der Waals surface area contributed by atoms with Crippen LogP contribution >= 0.6 is 11.6 Å². The van der Waals surface area contributed by atoms with Gasteiger partial charge in [-0.15, -0.1) is 0 Å². The molecule has 2 rings (SSSR count). The highest BCUT2D eigenvalue weighted by Gasteiger charge is 2.11. The smallest absolute Gasteiger partial charge is 0.121 e. The van der Waals surface area contributed by atoms with Crippen LogP contribution in [0.2, 0.25) is 5.02 Å². The normalized spacial score (nSPS) is 12.4. The number of hydrogen-bond donors (Lipinski definition) is 1. The van der Waals surface area contributed by atoms with Crippen molar-refractivity contribution in [1.82, 2.24) is 4.90 Å². The number of ether oxygens (including phenoxy) is 1. The average molecular weight is 305 g/mol. The summed E-state index contributed by atoms with van der Waals surface area (Å²) >= 11 is 6.04. The Hall–Kier alpha value is -1.71. The van der Waals surface area contributed by atoms with Crippen molar-refractivity contribution >= 4 is 17.3 Å². The number of rotatable bonds is 6. The van der Waals surface area contributed by atoms with Crippen LogP contribution in [0.1, 0.15) is 18.5 Å². The molecule has 112 valence electrons. The quantitative estimate of drug-likeness (QED) is 0.820. The Kier molecular flexibility index (Phi) is 5.48. The minimum absolute atomic E-state index is 0.285. The van der Waals surface area contributed by atoms with Crippen LogP contribution in [0.25, 0.3) is 0 Å². The lowest BCUT2D eigenvalue weighted by Crippen LogP contribution is -2.27. The van der Waals surface area contributed by atoms with E-state index in [9.17, 15) is 0 Å². The third-order valence-electron chi connectivity index (χ3n) is 3.56. The van der Waals surface area contributed by atoms with Crippen LogP contribution in [-0.4, -0.2) is 25.1 Å². The summed E-state index contributed by atoms with van der Waals surface area (Å²) in [4.78, 5) is 2.23. The third kappa shape index (κ3) is 4.66. The Morgan fingerprint density at radius 3 is 2.67 bits per heavy atom. The molecule has 0 radical (unpaired) electrons. The van der Waals surface area contributed by atoms with Crippen LogP contribution in [0.4, 0.5) is 5.69 Å². The van der Waals surface area contributed by atoms with E-state index in [-0.39, 0.29) is 6.04 Å². The van der Waals surface area contributed by atoms with Crippen LogP contribution in [0.5, 0.6) is 5.75 Å². The summed E-state index contributed by atoms with van der Waals surface area (Å²) in [5, 5.41) is 0.767. The number of benzene rings is 2. The Morgan fingerprint density at radius 1 is 1.19 bits per heavy atom. The number of halogens is 1. The molecule has 2 aromatic carbocycles. The highest BCUT2D eigenvalue weighted by molar-refractivity contribution is 6.30. The fourth-order valence-electron chi connectivity index (χ4n) is 2.13. The zero-order chi connectivity index (χ0) is 15.2. The Labute approximate surface area is 131 Å². The number of anilines is 1. The Bertz CT molecular complexity index is 589. The second kappa shape index (κ2) is 7.34. The first-order valence-corrected chi connectivity index (χ1v) is 7.38. The molecule has 1 atom stereocenters. The summed E-state index contributed by atoms with van der Waals surface area (Å²) < 4.78 is 5.72. The van der Waals surface area contributed by atoms with Gasteiger partial charge in [-0.25, -0.2) is 0 Å². The molecule has 0 spiro atoms. The van der Waals surface area contributed by atoms with E-state index in [1.54, 1.807) is 0 Å². The molecule has 0 heterocycles. The number of nitrogens with two attached hydrogens (primary N) is 1. The van der Waals surface area contributed by atoms with E-state index in [0.717, 1.165) is 17.3 Å². The fourth-order valence-corrected chi connectivity index (χ4v) is 2.33. The lowest BCUT2D eigenvalue weighted by molar-refractivity contribution is 0.201. The number of likely N-dealkylation sites (N-methyl/N-ethyl adjacent to an activating group) is 1. The molecule has 0 saturated heterocycles. The van der Waals surface area contributed by atoms with Crippen LogP contribution in [0.15, 0.2) is 48.5 Å². The molecule has 2 N–H and O–H groups in total. The summed E-state index contributed by atoms with van der Waals surface area (Å²) in [6.45, 7) is 3.60. The zero-order valence-corrected chi connectivity index (χ0v) is 13.2.